The van der Waals surface area contributed by atoms with Crippen LogP contribution in [0, 0.1) is 0 Å². The number of carbonyl (C=O) groups is 2. The maximum atomic E-state index is 13.0. The number of hydrogen-bond donors (Lipinski definition) is 1. The molecule has 0 aliphatic carbocycles. The third kappa shape index (κ3) is 4.44. The lowest BCUT2D eigenvalue weighted by Crippen LogP contribution is -2.39. The molecule has 3 heterocycles. The van der Waals surface area contributed by atoms with E-state index in [0.717, 1.165) is 29.7 Å². The zero-order valence-corrected chi connectivity index (χ0v) is 18.2. The number of aromatic nitrogens is 3. The molecule has 8 heteroatoms. The van der Waals surface area contributed by atoms with E-state index in [1.165, 1.54) is 0 Å². The van der Waals surface area contributed by atoms with Crippen molar-refractivity contribution < 1.29 is 9.59 Å². The van der Waals surface area contributed by atoms with E-state index in [1.807, 2.05) is 48.3 Å². The molecular weight excluding hydrogens is 404 g/mol. The summed E-state index contributed by atoms with van der Waals surface area (Å²) in [5.41, 5.74) is 8.98. The van der Waals surface area contributed by atoms with E-state index in [4.69, 9.17) is 10.7 Å². The number of piperidine rings is 1. The molecule has 0 saturated carbocycles. The lowest BCUT2D eigenvalue weighted by Gasteiger charge is -2.33. The van der Waals surface area contributed by atoms with Gasteiger partial charge in [0.1, 0.15) is 5.69 Å². The molecule has 1 saturated heterocycles. The Morgan fingerprint density at radius 3 is 2.53 bits per heavy atom. The lowest BCUT2D eigenvalue weighted by molar-refractivity contribution is 0.0700. The standard InChI is InChI=1S/C24H26N6O2/c1-29(2)24-27-14-19(16-8-10-17(11-9-16)22(25)31)21(28-24)18-6-5-13-30(15-18)23(32)20-7-3-4-12-26-20/h3-4,7-12,14,18H,5-6,13,15H2,1-2H3,(H2,25,31)/t18-/m1/s1. The number of hydrogen-bond acceptors (Lipinski definition) is 6. The van der Waals surface area contributed by atoms with Crippen LogP contribution in [0.4, 0.5) is 5.95 Å². The minimum atomic E-state index is -0.466. The van der Waals surface area contributed by atoms with Gasteiger partial charge in [-0.25, -0.2) is 9.97 Å². The zero-order valence-electron chi connectivity index (χ0n) is 18.2. The van der Waals surface area contributed by atoms with Crippen molar-refractivity contribution in [2.45, 2.75) is 18.8 Å². The second kappa shape index (κ2) is 9.13. The fraction of sp³-hybridized carbons (Fsp3) is 0.292. The number of anilines is 1. The first kappa shape index (κ1) is 21.4. The number of carbonyl (C=O) groups excluding carboxylic acids is 2. The lowest BCUT2D eigenvalue weighted by atomic mass is 9.89. The van der Waals surface area contributed by atoms with Gasteiger partial charge in [0.2, 0.25) is 11.9 Å². The Balaban J connectivity index is 1.68. The summed E-state index contributed by atoms with van der Waals surface area (Å²) < 4.78 is 0. The van der Waals surface area contributed by atoms with Gasteiger partial charge >= 0.3 is 0 Å². The van der Waals surface area contributed by atoms with E-state index >= 15 is 0 Å². The number of benzene rings is 1. The van der Waals surface area contributed by atoms with E-state index < -0.39 is 5.91 Å². The summed E-state index contributed by atoms with van der Waals surface area (Å²) in [5.74, 6) is 0.145. The van der Waals surface area contributed by atoms with Crippen LogP contribution >= 0.6 is 0 Å². The number of nitrogens with two attached hydrogens (primary N) is 1. The van der Waals surface area contributed by atoms with Crippen LogP contribution in [0.1, 0.15) is 45.3 Å². The van der Waals surface area contributed by atoms with Crippen LogP contribution in [0.25, 0.3) is 11.1 Å². The second-order valence-corrected chi connectivity index (χ2v) is 8.11. The first-order valence-electron chi connectivity index (χ1n) is 10.6. The average molecular weight is 431 g/mol. The normalized spacial score (nSPS) is 15.9. The largest absolute Gasteiger partial charge is 0.366 e. The van der Waals surface area contributed by atoms with Crippen LogP contribution in [-0.4, -0.2) is 58.9 Å². The molecular formula is C24H26N6O2. The van der Waals surface area contributed by atoms with E-state index in [2.05, 4.69) is 9.97 Å². The van der Waals surface area contributed by atoms with Gasteiger partial charge in [-0.2, -0.15) is 0 Å². The number of rotatable bonds is 5. The summed E-state index contributed by atoms with van der Waals surface area (Å²) in [5, 5.41) is 0. The highest BCUT2D eigenvalue weighted by Gasteiger charge is 2.29. The quantitative estimate of drug-likeness (QED) is 0.667. The molecule has 32 heavy (non-hydrogen) atoms. The van der Waals surface area contributed by atoms with Gasteiger partial charge in [0.15, 0.2) is 0 Å². The van der Waals surface area contributed by atoms with Crippen molar-refractivity contribution in [3.63, 3.8) is 0 Å². The van der Waals surface area contributed by atoms with Gasteiger partial charge in [0.25, 0.3) is 5.91 Å². The van der Waals surface area contributed by atoms with Gasteiger partial charge in [-0.15, -0.1) is 0 Å². The maximum Gasteiger partial charge on any atom is 0.272 e. The van der Waals surface area contributed by atoms with Crippen molar-refractivity contribution in [3.05, 3.63) is 71.8 Å². The number of pyridine rings is 1. The summed E-state index contributed by atoms with van der Waals surface area (Å²) in [4.78, 5) is 41.7. The Labute approximate surface area is 187 Å². The van der Waals surface area contributed by atoms with Gasteiger partial charge in [-0.1, -0.05) is 18.2 Å². The van der Waals surface area contributed by atoms with Crippen LogP contribution in [0.3, 0.4) is 0 Å². The van der Waals surface area contributed by atoms with E-state index in [-0.39, 0.29) is 11.8 Å². The molecule has 2 aromatic heterocycles. The molecule has 164 valence electrons. The highest BCUT2D eigenvalue weighted by Crippen LogP contribution is 2.34. The molecule has 0 bridgehead atoms. The Morgan fingerprint density at radius 2 is 1.88 bits per heavy atom. The Kier molecular flexibility index (Phi) is 6.11. The Hall–Kier alpha value is -3.81. The number of nitrogens with zero attached hydrogens (tertiary/aromatic N) is 5. The highest BCUT2D eigenvalue weighted by molar-refractivity contribution is 5.93. The molecule has 1 aliphatic rings. The van der Waals surface area contributed by atoms with Crippen molar-refractivity contribution >= 4 is 17.8 Å². The number of amides is 2. The van der Waals surface area contributed by atoms with Crippen LogP contribution in [0.2, 0.25) is 0 Å². The summed E-state index contributed by atoms with van der Waals surface area (Å²) in [6.07, 6.45) is 5.25. The molecule has 0 radical (unpaired) electrons. The highest BCUT2D eigenvalue weighted by atomic mass is 16.2. The molecule has 1 aliphatic heterocycles. The molecule has 0 unspecified atom stereocenters. The maximum absolute atomic E-state index is 13.0. The third-order valence-corrected chi connectivity index (χ3v) is 5.67. The molecule has 3 aromatic rings. The average Bonchev–Trinajstić information content (AvgIpc) is 2.84. The molecule has 1 aromatic carbocycles. The number of likely N-dealkylation sites (tertiary alicyclic amines) is 1. The van der Waals surface area contributed by atoms with E-state index in [1.54, 1.807) is 30.5 Å². The molecule has 1 fully saturated rings. The van der Waals surface area contributed by atoms with E-state index in [9.17, 15) is 9.59 Å². The van der Waals surface area contributed by atoms with Gasteiger partial charge in [0, 0.05) is 56.6 Å². The molecule has 0 spiro atoms. The van der Waals surface area contributed by atoms with Crippen LogP contribution < -0.4 is 10.6 Å². The van der Waals surface area contributed by atoms with Gasteiger partial charge in [-0.05, 0) is 42.7 Å². The fourth-order valence-corrected chi connectivity index (χ4v) is 3.98. The summed E-state index contributed by atoms with van der Waals surface area (Å²) in [6, 6.07) is 12.5. The van der Waals surface area contributed by atoms with Crippen molar-refractivity contribution in [1.82, 2.24) is 19.9 Å². The smallest absolute Gasteiger partial charge is 0.272 e. The molecule has 1 atom stereocenters. The molecule has 4 rings (SSSR count). The van der Waals surface area contributed by atoms with Crippen molar-refractivity contribution in [1.29, 1.82) is 0 Å². The monoisotopic (exact) mass is 430 g/mol. The summed E-state index contributed by atoms with van der Waals surface area (Å²) >= 11 is 0. The van der Waals surface area contributed by atoms with Crippen molar-refractivity contribution in [2.24, 2.45) is 5.73 Å². The van der Waals surface area contributed by atoms with Crippen LogP contribution in [0.15, 0.2) is 54.9 Å². The topological polar surface area (TPSA) is 105 Å². The van der Waals surface area contributed by atoms with E-state index in [0.29, 0.717) is 30.3 Å². The molecule has 2 amide bonds. The Bertz CT molecular complexity index is 1120. The minimum absolute atomic E-state index is 0.0592. The summed E-state index contributed by atoms with van der Waals surface area (Å²) in [7, 11) is 3.80. The van der Waals surface area contributed by atoms with Gasteiger partial charge in [-0.3, -0.25) is 14.6 Å². The summed E-state index contributed by atoms with van der Waals surface area (Å²) in [6.45, 7) is 1.26. The minimum Gasteiger partial charge on any atom is -0.366 e. The van der Waals surface area contributed by atoms with Gasteiger partial charge in [0.05, 0.1) is 5.69 Å². The molecule has 2 N–H and O–H groups in total. The number of primary amides is 1. The first-order chi connectivity index (χ1) is 15.4. The Morgan fingerprint density at radius 1 is 1.09 bits per heavy atom. The predicted molar refractivity (Wildman–Crippen MR) is 122 cm³/mol. The van der Waals surface area contributed by atoms with Gasteiger partial charge < -0.3 is 15.5 Å². The zero-order chi connectivity index (χ0) is 22.7. The SMILES string of the molecule is CN(C)c1ncc(-c2ccc(C(N)=O)cc2)c([C@@H]2CCCN(C(=O)c3ccccn3)C2)n1. The third-order valence-electron chi connectivity index (χ3n) is 5.67. The predicted octanol–water partition coefficient (Wildman–Crippen LogP) is 2.72. The second-order valence-electron chi connectivity index (χ2n) is 8.11. The van der Waals surface area contributed by atoms with Crippen molar-refractivity contribution in [3.8, 4) is 11.1 Å². The van der Waals surface area contributed by atoms with Crippen LogP contribution in [-0.2, 0) is 0 Å². The fourth-order valence-electron chi connectivity index (χ4n) is 3.98. The van der Waals surface area contributed by atoms with Crippen LogP contribution in [0.5, 0.6) is 0 Å². The van der Waals surface area contributed by atoms with Crippen molar-refractivity contribution in [2.75, 3.05) is 32.1 Å². The first-order valence-corrected chi connectivity index (χ1v) is 10.6. The molecule has 8 nitrogen and oxygen atoms in total.